The van der Waals surface area contributed by atoms with Crippen molar-refractivity contribution in [3.8, 4) is 11.4 Å². The normalized spacial score (nSPS) is 13.7. The molecule has 0 fully saturated rings. The molecule has 6 heteroatoms. The van der Waals surface area contributed by atoms with Crippen molar-refractivity contribution < 1.29 is 4.74 Å². The molecule has 0 atom stereocenters. The van der Waals surface area contributed by atoms with Crippen LogP contribution in [0.3, 0.4) is 0 Å². The lowest BCUT2D eigenvalue weighted by Gasteiger charge is -2.31. The predicted octanol–water partition coefficient (Wildman–Crippen LogP) is 5.10. The highest BCUT2D eigenvalue weighted by Gasteiger charge is 2.24. The number of benzene rings is 2. The fraction of sp³-hybridized carbons (Fsp3) is 0.296. The summed E-state index contributed by atoms with van der Waals surface area (Å²) < 4.78 is 9.79. The Kier molecular flexibility index (Phi) is 6.63. The summed E-state index contributed by atoms with van der Waals surface area (Å²) in [6.07, 6.45) is 2.87. The molecule has 0 bridgehead atoms. The van der Waals surface area contributed by atoms with E-state index < -0.39 is 0 Å². The molecule has 0 amide bonds. The molecule has 0 aliphatic carbocycles. The Morgan fingerprint density at radius 2 is 1.82 bits per heavy atom. The predicted molar refractivity (Wildman–Crippen MR) is 136 cm³/mol. The molecule has 172 valence electrons. The van der Waals surface area contributed by atoms with Crippen LogP contribution in [0, 0.1) is 0 Å². The Balaban J connectivity index is 0.00000259. The number of rotatable bonds is 5. The van der Waals surface area contributed by atoms with Crippen LogP contribution in [0.2, 0.25) is 0 Å². The van der Waals surface area contributed by atoms with Crippen molar-refractivity contribution in [1.29, 1.82) is 0 Å². The van der Waals surface area contributed by atoms with Crippen LogP contribution in [-0.2, 0) is 26.6 Å². The Morgan fingerprint density at radius 1 is 1.03 bits per heavy atom. The van der Waals surface area contributed by atoms with Gasteiger partial charge in [0.15, 0.2) is 0 Å². The van der Waals surface area contributed by atoms with Crippen molar-refractivity contribution >= 4 is 23.3 Å². The van der Waals surface area contributed by atoms with E-state index >= 15 is 0 Å². The third-order valence-corrected chi connectivity index (χ3v) is 6.57. The SMILES string of the molecule is CC(C)N1CCc2c(n(C)c3cc(-n4ccc(OCc5ccccc5)cc4=O)ccc23)C1.Cl. The van der Waals surface area contributed by atoms with Crippen LogP contribution in [0.1, 0.15) is 30.7 Å². The van der Waals surface area contributed by atoms with E-state index in [1.54, 1.807) is 16.8 Å². The Labute approximate surface area is 200 Å². The van der Waals surface area contributed by atoms with Gasteiger partial charge in [-0.15, -0.1) is 12.4 Å². The first-order valence-corrected chi connectivity index (χ1v) is 11.3. The number of aryl methyl sites for hydroxylation is 1. The summed E-state index contributed by atoms with van der Waals surface area (Å²) in [6.45, 7) is 7.02. The third kappa shape index (κ3) is 4.43. The number of halogens is 1. The van der Waals surface area contributed by atoms with Gasteiger partial charge in [-0.1, -0.05) is 36.4 Å². The maximum Gasteiger partial charge on any atom is 0.258 e. The quantitative estimate of drug-likeness (QED) is 0.413. The maximum atomic E-state index is 12.9. The monoisotopic (exact) mass is 463 g/mol. The van der Waals surface area contributed by atoms with E-state index in [2.05, 4.69) is 42.5 Å². The molecule has 3 heterocycles. The molecule has 0 spiro atoms. The highest BCUT2D eigenvalue weighted by atomic mass is 35.5. The molecule has 2 aromatic carbocycles. The molecule has 1 aliphatic rings. The minimum atomic E-state index is -0.0973. The molecule has 0 N–H and O–H groups in total. The van der Waals surface area contributed by atoms with Crippen LogP contribution in [-0.4, -0.2) is 26.6 Å². The molecule has 5 nitrogen and oxygen atoms in total. The number of aromatic nitrogens is 2. The lowest BCUT2D eigenvalue weighted by Crippen LogP contribution is -2.36. The second-order valence-electron chi connectivity index (χ2n) is 8.84. The lowest BCUT2D eigenvalue weighted by atomic mass is 10.0. The van der Waals surface area contributed by atoms with E-state index in [9.17, 15) is 4.79 Å². The Bertz CT molecular complexity index is 1320. The molecule has 4 aromatic rings. The highest BCUT2D eigenvalue weighted by molar-refractivity contribution is 5.87. The average molecular weight is 464 g/mol. The molecule has 1 aliphatic heterocycles. The molecule has 0 saturated heterocycles. The van der Waals surface area contributed by atoms with Crippen LogP contribution in [0.5, 0.6) is 5.75 Å². The van der Waals surface area contributed by atoms with Gasteiger partial charge in [0, 0.05) is 49.5 Å². The molecule has 5 rings (SSSR count). The van der Waals surface area contributed by atoms with Crippen molar-refractivity contribution in [3.05, 3.63) is 94.0 Å². The summed E-state index contributed by atoms with van der Waals surface area (Å²) in [7, 11) is 2.14. The van der Waals surface area contributed by atoms with Crippen molar-refractivity contribution in [1.82, 2.24) is 14.0 Å². The van der Waals surface area contributed by atoms with Gasteiger partial charge in [0.25, 0.3) is 5.56 Å². The number of nitrogens with zero attached hydrogens (tertiary/aromatic N) is 3. The van der Waals surface area contributed by atoms with Gasteiger partial charge >= 0.3 is 0 Å². The number of fused-ring (bicyclic) bond motifs is 3. The fourth-order valence-electron chi connectivity index (χ4n) is 4.66. The minimum Gasteiger partial charge on any atom is -0.489 e. The molecular formula is C27H30ClN3O2. The number of pyridine rings is 1. The molecule has 33 heavy (non-hydrogen) atoms. The van der Waals surface area contributed by atoms with Gasteiger partial charge in [-0.2, -0.15) is 0 Å². The van der Waals surface area contributed by atoms with Gasteiger partial charge in [-0.3, -0.25) is 14.3 Å². The number of ether oxygens (including phenoxy) is 1. The number of hydrogen-bond donors (Lipinski definition) is 0. The zero-order valence-electron chi connectivity index (χ0n) is 19.3. The van der Waals surface area contributed by atoms with Gasteiger partial charge in [-0.05, 0) is 49.6 Å². The summed E-state index contributed by atoms with van der Waals surface area (Å²) in [5.41, 5.74) is 5.85. The molecule has 2 aromatic heterocycles. The topological polar surface area (TPSA) is 39.4 Å². The van der Waals surface area contributed by atoms with E-state index in [-0.39, 0.29) is 18.0 Å². The van der Waals surface area contributed by atoms with Crippen LogP contribution < -0.4 is 10.3 Å². The van der Waals surface area contributed by atoms with Crippen molar-refractivity contribution in [2.75, 3.05) is 6.54 Å². The average Bonchev–Trinajstić information content (AvgIpc) is 3.09. The highest BCUT2D eigenvalue weighted by Crippen LogP contribution is 2.32. The summed E-state index contributed by atoms with van der Waals surface area (Å²) in [5, 5.41) is 1.30. The van der Waals surface area contributed by atoms with Crippen molar-refractivity contribution in [2.24, 2.45) is 7.05 Å². The summed E-state index contributed by atoms with van der Waals surface area (Å²) in [4.78, 5) is 15.4. The van der Waals surface area contributed by atoms with E-state index in [0.29, 0.717) is 18.4 Å². The van der Waals surface area contributed by atoms with E-state index in [1.807, 2.05) is 42.5 Å². The van der Waals surface area contributed by atoms with Gasteiger partial charge in [0.2, 0.25) is 0 Å². The van der Waals surface area contributed by atoms with E-state index in [0.717, 1.165) is 30.8 Å². The first-order chi connectivity index (χ1) is 15.5. The zero-order chi connectivity index (χ0) is 22.2. The Morgan fingerprint density at radius 3 is 2.55 bits per heavy atom. The summed E-state index contributed by atoms with van der Waals surface area (Å²) in [6, 6.07) is 20.2. The van der Waals surface area contributed by atoms with Gasteiger partial charge in [0.1, 0.15) is 12.4 Å². The van der Waals surface area contributed by atoms with Gasteiger partial charge < -0.3 is 9.30 Å². The first-order valence-electron chi connectivity index (χ1n) is 11.3. The van der Waals surface area contributed by atoms with Crippen LogP contribution in [0.25, 0.3) is 16.6 Å². The van der Waals surface area contributed by atoms with Crippen molar-refractivity contribution in [2.45, 2.75) is 39.5 Å². The Hall–Kier alpha value is -3.02. The smallest absolute Gasteiger partial charge is 0.258 e. The van der Waals surface area contributed by atoms with Crippen LogP contribution in [0.15, 0.2) is 71.7 Å². The molecular weight excluding hydrogens is 434 g/mol. The first kappa shape index (κ1) is 23.1. The lowest BCUT2D eigenvalue weighted by molar-refractivity contribution is 0.199. The summed E-state index contributed by atoms with van der Waals surface area (Å²) in [5.74, 6) is 0.583. The zero-order valence-corrected chi connectivity index (χ0v) is 20.1. The fourth-order valence-corrected chi connectivity index (χ4v) is 4.66. The van der Waals surface area contributed by atoms with E-state index in [4.69, 9.17) is 4.74 Å². The molecule has 0 unspecified atom stereocenters. The molecule has 0 saturated carbocycles. The van der Waals surface area contributed by atoms with E-state index in [1.165, 1.54) is 22.2 Å². The van der Waals surface area contributed by atoms with Crippen LogP contribution >= 0.6 is 12.4 Å². The second kappa shape index (κ2) is 9.46. The second-order valence-corrected chi connectivity index (χ2v) is 8.84. The van der Waals surface area contributed by atoms with Crippen LogP contribution in [0.4, 0.5) is 0 Å². The standard InChI is InChI=1S/C27H29N3O2.ClH/c1-19(2)29-13-12-24-23-10-9-21(15-25(23)28(3)26(24)17-29)30-14-11-22(16-27(30)31)32-18-20-7-5-4-6-8-20;/h4-11,14-16,19H,12-13,17-18H2,1-3H3;1H. The number of hydrogen-bond acceptors (Lipinski definition) is 3. The third-order valence-electron chi connectivity index (χ3n) is 6.57. The van der Waals surface area contributed by atoms with Gasteiger partial charge in [-0.25, -0.2) is 0 Å². The van der Waals surface area contributed by atoms with Gasteiger partial charge in [0.05, 0.1) is 11.2 Å². The van der Waals surface area contributed by atoms with Crippen molar-refractivity contribution in [3.63, 3.8) is 0 Å². The summed E-state index contributed by atoms with van der Waals surface area (Å²) >= 11 is 0. The largest absolute Gasteiger partial charge is 0.489 e. The molecule has 0 radical (unpaired) electrons. The maximum absolute atomic E-state index is 12.9. The minimum absolute atomic E-state index is 0.